The minimum Gasteiger partial charge on any atom is -1.00 e. The highest BCUT2D eigenvalue weighted by molar-refractivity contribution is 4.83. The average molecular weight is 269 g/mol. The third-order valence-corrected chi connectivity index (χ3v) is 1.71. The molecule has 1 rings (SSSR count). The first-order chi connectivity index (χ1) is 6.65. The van der Waals surface area contributed by atoms with E-state index < -0.39 is 18.4 Å². The lowest BCUT2D eigenvalue weighted by molar-refractivity contribution is -0.671. The molecule has 0 aromatic carbocycles. The van der Waals surface area contributed by atoms with Gasteiger partial charge in [-0.25, -0.2) is 8.96 Å². The largest absolute Gasteiger partial charge is 1.00 e. The van der Waals surface area contributed by atoms with Gasteiger partial charge >= 0.3 is 18.4 Å². The van der Waals surface area contributed by atoms with Crippen LogP contribution in [-0.2, 0) is 13.1 Å². The summed E-state index contributed by atoms with van der Waals surface area (Å²) < 4.78 is 74.6. The van der Waals surface area contributed by atoms with E-state index in [1.165, 1.54) is 7.05 Å². The molecule has 0 aliphatic carbocycles. The molecule has 1 heterocycles. The highest BCUT2D eigenvalue weighted by Gasteiger charge is 2.61. The van der Waals surface area contributed by atoms with Gasteiger partial charge in [-0.15, -0.1) is 0 Å². The van der Waals surface area contributed by atoms with Crippen LogP contribution >= 0.6 is 0 Å². The zero-order valence-corrected chi connectivity index (χ0v) is 8.61. The summed E-state index contributed by atoms with van der Waals surface area (Å²) in [6.45, 7) is 0. The van der Waals surface area contributed by atoms with Crippen molar-refractivity contribution in [2.45, 2.75) is 18.4 Å². The lowest BCUT2D eigenvalue weighted by atomic mass is 10.3. The maximum Gasteiger partial charge on any atom is 0.437 e. The van der Waals surface area contributed by atoms with Crippen molar-refractivity contribution in [2.75, 3.05) is 0 Å². The number of hydrogen-bond donors (Lipinski definition) is 0. The molecule has 9 heteroatoms. The summed E-state index contributed by atoms with van der Waals surface area (Å²) >= 11 is 0. The molecule has 0 saturated carbocycles. The third kappa shape index (κ3) is 2.81. The number of halogens is 7. The molecular formula is C7H7ClF6N2. The van der Waals surface area contributed by atoms with Gasteiger partial charge in [0.2, 0.25) is 6.33 Å². The third-order valence-electron chi connectivity index (χ3n) is 1.71. The highest BCUT2D eigenvalue weighted by Crippen LogP contribution is 2.37. The minimum absolute atomic E-state index is 0. The van der Waals surface area contributed by atoms with E-state index in [0.29, 0.717) is 12.5 Å². The Morgan fingerprint density at radius 1 is 1.19 bits per heavy atom. The summed E-state index contributed by atoms with van der Waals surface area (Å²) in [6.07, 6.45) is -7.41. The Bertz CT molecular complexity index is 347. The van der Waals surface area contributed by atoms with E-state index in [1.807, 2.05) is 0 Å². The van der Waals surface area contributed by atoms with Crippen LogP contribution < -0.4 is 17.0 Å². The van der Waals surface area contributed by atoms with Crippen molar-refractivity contribution in [1.82, 2.24) is 4.57 Å². The summed E-state index contributed by atoms with van der Waals surface area (Å²) in [5.41, 5.74) is 0. The molecule has 1 unspecified atom stereocenters. The number of rotatable bonds is 2. The van der Waals surface area contributed by atoms with Crippen molar-refractivity contribution >= 4 is 0 Å². The van der Waals surface area contributed by atoms with Gasteiger partial charge in [-0.2, -0.15) is 26.5 Å². The number of hydrogen-bond acceptors (Lipinski definition) is 0. The first-order valence-electron chi connectivity index (χ1n) is 3.78. The zero-order valence-electron chi connectivity index (χ0n) is 7.85. The van der Waals surface area contributed by atoms with E-state index >= 15 is 0 Å². The molecule has 16 heavy (non-hydrogen) atoms. The summed E-state index contributed by atoms with van der Waals surface area (Å²) in [5.74, 6) is 0. The van der Waals surface area contributed by atoms with Gasteiger partial charge in [0.1, 0.15) is 12.4 Å². The molecule has 0 spiro atoms. The van der Waals surface area contributed by atoms with Crippen molar-refractivity contribution in [3.8, 4) is 0 Å². The summed E-state index contributed by atoms with van der Waals surface area (Å²) in [6, 6.07) is -4.64. The summed E-state index contributed by atoms with van der Waals surface area (Å²) in [7, 11) is 1.33. The second kappa shape index (κ2) is 4.52. The zero-order chi connectivity index (χ0) is 11.9. The van der Waals surface area contributed by atoms with Crippen LogP contribution in [-0.4, -0.2) is 16.9 Å². The van der Waals surface area contributed by atoms with Crippen molar-refractivity contribution in [3.63, 3.8) is 0 Å². The van der Waals surface area contributed by atoms with Crippen LogP contribution in [0.2, 0.25) is 0 Å². The van der Waals surface area contributed by atoms with Gasteiger partial charge in [-0.05, 0) is 0 Å². The van der Waals surface area contributed by atoms with Gasteiger partial charge in [-0.3, -0.25) is 0 Å². The monoisotopic (exact) mass is 268 g/mol. The first-order valence-corrected chi connectivity index (χ1v) is 3.78. The van der Waals surface area contributed by atoms with E-state index in [2.05, 4.69) is 0 Å². The van der Waals surface area contributed by atoms with Crippen LogP contribution in [0.15, 0.2) is 18.7 Å². The molecule has 0 amide bonds. The van der Waals surface area contributed by atoms with Crippen molar-refractivity contribution in [1.29, 1.82) is 0 Å². The standard InChI is InChI=1S/C7H7F6N2.ClH/c1-14-2-3-15(4-14)7(12,13)5(8)6(9,10)11;/h2-5H,1H3;1H/q+1;/p-1. The molecule has 0 saturated heterocycles. The predicted octanol–water partition coefficient (Wildman–Crippen LogP) is -1.23. The minimum atomic E-state index is -5.59. The van der Waals surface area contributed by atoms with Crippen LogP contribution in [0, 0.1) is 0 Å². The van der Waals surface area contributed by atoms with Crippen molar-refractivity contribution < 1.29 is 43.3 Å². The number of alkyl halides is 6. The Labute approximate surface area is 92.9 Å². The molecule has 0 bridgehead atoms. The molecule has 0 aliphatic heterocycles. The summed E-state index contributed by atoms with van der Waals surface area (Å²) in [5, 5.41) is 0. The number of nitrogens with zero attached hydrogens (tertiary/aromatic N) is 2. The van der Waals surface area contributed by atoms with E-state index in [0.717, 1.165) is 10.8 Å². The smallest absolute Gasteiger partial charge is 0.437 e. The number of aromatic nitrogens is 2. The molecule has 0 radical (unpaired) electrons. The van der Waals surface area contributed by atoms with Crippen LogP contribution in [0.4, 0.5) is 26.3 Å². The second-order valence-electron chi connectivity index (χ2n) is 2.98. The van der Waals surface area contributed by atoms with Gasteiger partial charge < -0.3 is 12.4 Å². The maximum absolute atomic E-state index is 12.9. The van der Waals surface area contributed by atoms with E-state index in [4.69, 9.17) is 0 Å². The van der Waals surface area contributed by atoms with E-state index in [-0.39, 0.29) is 17.0 Å². The van der Waals surface area contributed by atoms with Gasteiger partial charge in [0.05, 0.1) is 7.05 Å². The van der Waals surface area contributed by atoms with Crippen LogP contribution in [0.3, 0.4) is 0 Å². The van der Waals surface area contributed by atoms with Crippen molar-refractivity contribution in [3.05, 3.63) is 18.7 Å². The normalized spacial score (nSPS) is 14.4. The van der Waals surface area contributed by atoms with Crippen molar-refractivity contribution in [2.24, 2.45) is 7.05 Å². The molecule has 1 aromatic rings. The molecule has 0 N–H and O–H groups in total. The number of aryl methyl sites for hydroxylation is 1. The fourth-order valence-electron chi connectivity index (χ4n) is 0.954. The molecule has 0 fully saturated rings. The molecule has 1 atom stereocenters. The second-order valence-corrected chi connectivity index (χ2v) is 2.98. The SMILES string of the molecule is C[n+]1ccn(C(F)(F)C(F)C(F)(F)F)c1.[Cl-]. The fraction of sp³-hybridized carbons (Fsp3) is 0.571. The molecule has 1 aromatic heterocycles. The number of imidazole rings is 1. The van der Waals surface area contributed by atoms with Gasteiger partial charge in [-0.1, -0.05) is 0 Å². The summed E-state index contributed by atoms with van der Waals surface area (Å²) in [4.78, 5) is 0. The Morgan fingerprint density at radius 3 is 2.00 bits per heavy atom. The van der Waals surface area contributed by atoms with E-state index in [1.54, 1.807) is 0 Å². The van der Waals surface area contributed by atoms with Crippen LogP contribution in [0.5, 0.6) is 0 Å². The van der Waals surface area contributed by atoms with Gasteiger partial charge in [0, 0.05) is 0 Å². The van der Waals surface area contributed by atoms with Crippen LogP contribution in [0.25, 0.3) is 0 Å². The predicted molar refractivity (Wildman–Crippen MR) is 36.7 cm³/mol. The first kappa shape index (κ1) is 15.1. The fourth-order valence-corrected chi connectivity index (χ4v) is 0.954. The lowest BCUT2D eigenvalue weighted by Gasteiger charge is -2.18. The van der Waals surface area contributed by atoms with E-state index in [9.17, 15) is 26.3 Å². The van der Waals surface area contributed by atoms with Gasteiger partial charge in [0.25, 0.3) is 0 Å². The molecule has 2 nitrogen and oxygen atoms in total. The Morgan fingerprint density at radius 2 is 1.69 bits per heavy atom. The Balaban J connectivity index is 0.00000225. The maximum atomic E-state index is 12.9. The lowest BCUT2D eigenvalue weighted by Crippen LogP contribution is -3.00. The average Bonchev–Trinajstić information content (AvgIpc) is 2.49. The molecular weight excluding hydrogens is 262 g/mol. The Hall–Kier alpha value is -0.920. The van der Waals surface area contributed by atoms with Crippen LogP contribution in [0.1, 0.15) is 0 Å². The molecule has 0 aliphatic rings. The Kier molecular flexibility index (Phi) is 4.26. The molecule has 94 valence electrons. The highest BCUT2D eigenvalue weighted by atomic mass is 35.5. The topological polar surface area (TPSA) is 8.81 Å². The van der Waals surface area contributed by atoms with Gasteiger partial charge in [0.15, 0.2) is 0 Å². The quantitative estimate of drug-likeness (QED) is 0.469.